The van der Waals surface area contributed by atoms with Crippen LogP contribution >= 0.6 is 23.1 Å². The normalized spacial score (nSPS) is 12.6. The van der Waals surface area contributed by atoms with Gasteiger partial charge in [0.2, 0.25) is 0 Å². The molecular weight excluding hydrogens is 509 g/mol. The van der Waals surface area contributed by atoms with Crippen LogP contribution < -0.4 is 19.5 Å². The molecule has 196 valence electrons. The van der Waals surface area contributed by atoms with Gasteiger partial charge in [0.25, 0.3) is 0 Å². The van der Waals surface area contributed by atoms with Gasteiger partial charge in [-0.1, -0.05) is 26.0 Å². The molecule has 3 rings (SSSR count). The maximum Gasteiger partial charge on any atom is 0.446 e. The first kappa shape index (κ1) is 28.1. The van der Waals surface area contributed by atoms with Gasteiger partial charge >= 0.3 is 5.51 Å². The maximum atomic E-state index is 12.5. The van der Waals surface area contributed by atoms with Gasteiger partial charge in [-0.3, -0.25) is 0 Å². The van der Waals surface area contributed by atoms with Crippen molar-refractivity contribution in [1.29, 1.82) is 0 Å². The highest BCUT2D eigenvalue weighted by Gasteiger charge is 2.29. The van der Waals surface area contributed by atoms with E-state index < -0.39 is 5.51 Å². The fraction of sp³-hybridized carbons (Fsp3) is 0.423. The Morgan fingerprint density at radius 3 is 2.19 bits per heavy atom. The van der Waals surface area contributed by atoms with Gasteiger partial charge in [-0.2, -0.15) is 13.2 Å². The van der Waals surface area contributed by atoms with Crippen molar-refractivity contribution in [3.05, 3.63) is 63.6 Å². The number of halogens is 3. The summed E-state index contributed by atoms with van der Waals surface area (Å²) in [7, 11) is 3.18. The molecule has 0 fully saturated rings. The highest BCUT2D eigenvalue weighted by Crippen LogP contribution is 2.37. The second-order valence-corrected chi connectivity index (χ2v) is 11.1. The van der Waals surface area contributed by atoms with Gasteiger partial charge in [-0.05, 0) is 48.7 Å². The monoisotopic (exact) mass is 540 g/mol. The zero-order valence-corrected chi connectivity index (χ0v) is 22.6. The summed E-state index contributed by atoms with van der Waals surface area (Å²) < 4.78 is 54.8. The van der Waals surface area contributed by atoms with Gasteiger partial charge in [-0.15, -0.1) is 11.3 Å². The third-order valence-electron chi connectivity index (χ3n) is 5.31. The quantitative estimate of drug-likeness (QED) is 0.240. The first-order valence-corrected chi connectivity index (χ1v) is 13.1. The molecule has 0 saturated carbocycles. The minimum Gasteiger partial charge on any atom is -0.496 e. The predicted octanol–water partition coefficient (Wildman–Crippen LogP) is 7.54. The van der Waals surface area contributed by atoms with Gasteiger partial charge in [-0.25, -0.2) is 4.98 Å². The molecule has 1 N–H and O–H groups in total. The molecule has 1 aromatic heterocycles. The van der Waals surface area contributed by atoms with Crippen molar-refractivity contribution in [3.63, 3.8) is 0 Å². The fourth-order valence-electron chi connectivity index (χ4n) is 3.67. The maximum absolute atomic E-state index is 12.5. The number of thioether (sulfide) groups is 1. The minimum absolute atomic E-state index is 0.104. The topological polar surface area (TPSA) is 52.6 Å². The Kier molecular flexibility index (Phi) is 9.92. The van der Waals surface area contributed by atoms with E-state index in [0.717, 1.165) is 22.6 Å². The summed E-state index contributed by atoms with van der Waals surface area (Å²) in [5, 5.41) is 4.66. The van der Waals surface area contributed by atoms with Crippen molar-refractivity contribution in [3.8, 4) is 17.2 Å². The van der Waals surface area contributed by atoms with Crippen molar-refractivity contribution in [1.82, 2.24) is 10.3 Å². The molecular formula is C26H31F3N2O3S2. The predicted molar refractivity (Wildman–Crippen MR) is 138 cm³/mol. The Bertz CT molecular complexity index is 1090. The van der Waals surface area contributed by atoms with Gasteiger partial charge in [0.15, 0.2) is 0 Å². The average molecular weight is 541 g/mol. The minimum atomic E-state index is -4.31. The van der Waals surface area contributed by atoms with E-state index in [-0.39, 0.29) is 29.3 Å². The number of nitrogens with zero attached hydrogens (tertiary/aromatic N) is 1. The first-order valence-electron chi connectivity index (χ1n) is 11.5. The summed E-state index contributed by atoms with van der Waals surface area (Å²) in [5.41, 5.74) is -2.70. The molecule has 36 heavy (non-hydrogen) atoms. The van der Waals surface area contributed by atoms with E-state index in [9.17, 15) is 13.2 Å². The van der Waals surface area contributed by atoms with Crippen molar-refractivity contribution in [2.45, 2.75) is 56.8 Å². The van der Waals surface area contributed by atoms with Crippen LogP contribution in [0.4, 0.5) is 13.2 Å². The lowest BCUT2D eigenvalue weighted by molar-refractivity contribution is -0.0328. The Morgan fingerprint density at radius 2 is 1.69 bits per heavy atom. The van der Waals surface area contributed by atoms with Gasteiger partial charge < -0.3 is 19.5 Å². The molecule has 10 heteroatoms. The molecule has 0 aliphatic rings. The van der Waals surface area contributed by atoms with Crippen LogP contribution in [0.5, 0.6) is 17.2 Å². The number of rotatable bonds is 12. The largest absolute Gasteiger partial charge is 0.496 e. The second kappa shape index (κ2) is 12.7. The number of hydrogen-bond donors (Lipinski definition) is 1. The van der Waals surface area contributed by atoms with E-state index in [0.29, 0.717) is 29.7 Å². The third kappa shape index (κ3) is 8.31. The van der Waals surface area contributed by atoms with Crippen molar-refractivity contribution >= 4 is 23.1 Å². The summed E-state index contributed by atoms with van der Waals surface area (Å²) in [6.45, 7) is 7.13. The van der Waals surface area contributed by atoms with E-state index in [4.69, 9.17) is 14.2 Å². The molecule has 1 heterocycles. The summed E-state index contributed by atoms with van der Waals surface area (Å²) in [4.78, 5) is 5.88. The number of thiazole rings is 1. The van der Waals surface area contributed by atoms with E-state index in [1.165, 1.54) is 17.0 Å². The molecule has 0 bridgehead atoms. The number of methoxy groups -OCH3 is 2. The van der Waals surface area contributed by atoms with E-state index in [2.05, 4.69) is 24.1 Å². The lowest BCUT2D eigenvalue weighted by atomic mass is 10.0. The molecule has 0 spiro atoms. The number of ether oxygens (including phenoxy) is 3. The van der Waals surface area contributed by atoms with Crippen molar-refractivity contribution < 1.29 is 27.4 Å². The summed E-state index contributed by atoms with van der Waals surface area (Å²) in [5.74, 6) is 2.27. The summed E-state index contributed by atoms with van der Waals surface area (Å²) >= 11 is 1.55. The zero-order valence-electron chi connectivity index (χ0n) is 20.9. The molecule has 0 amide bonds. The number of aromatic nitrogens is 1. The van der Waals surface area contributed by atoms with Gasteiger partial charge in [0, 0.05) is 34.6 Å². The standard InChI is InChI=1S/C26H31F3N2O3S2/c1-16(2)10-22(25-31-13-17(3)35-25)30-14-21-23(32-4)11-19(12-24(21)33-5)34-15-18-6-8-20(9-7-18)36-26(27,28)29/h6-9,11-13,16,22,30H,10,14-15H2,1-5H3/t22-/m0/s1. The van der Waals surface area contributed by atoms with Crippen molar-refractivity contribution in [2.75, 3.05) is 14.2 Å². The Balaban J connectivity index is 1.71. The molecule has 0 radical (unpaired) electrons. The molecule has 0 saturated heterocycles. The number of aryl methyl sites for hydroxylation is 1. The Hall–Kier alpha value is -2.43. The van der Waals surface area contributed by atoms with Crippen LogP contribution in [-0.4, -0.2) is 24.7 Å². The SMILES string of the molecule is COc1cc(OCc2ccc(SC(F)(F)F)cc2)cc(OC)c1CN[C@@H](CC(C)C)c1ncc(C)s1. The smallest absolute Gasteiger partial charge is 0.446 e. The Labute approximate surface area is 218 Å². The first-order chi connectivity index (χ1) is 17.1. The molecule has 5 nitrogen and oxygen atoms in total. The average Bonchev–Trinajstić information content (AvgIpc) is 3.26. The molecule has 3 aromatic rings. The highest BCUT2D eigenvalue weighted by atomic mass is 32.2. The lowest BCUT2D eigenvalue weighted by Gasteiger charge is -2.21. The van der Waals surface area contributed by atoms with E-state index in [1.54, 1.807) is 49.8 Å². The van der Waals surface area contributed by atoms with Crippen LogP contribution in [0, 0.1) is 12.8 Å². The number of nitrogens with one attached hydrogen (secondary N) is 1. The van der Waals surface area contributed by atoms with Crippen LogP contribution in [0.15, 0.2) is 47.5 Å². The molecule has 0 aliphatic heterocycles. The molecule has 0 unspecified atom stereocenters. The van der Waals surface area contributed by atoms with Crippen LogP contribution in [0.3, 0.4) is 0 Å². The summed E-state index contributed by atoms with van der Waals surface area (Å²) in [6.07, 6.45) is 2.84. The highest BCUT2D eigenvalue weighted by molar-refractivity contribution is 8.00. The van der Waals surface area contributed by atoms with E-state index >= 15 is 0 Å². The van der Waals surface area contributed by atoms with E-state index in [1.807, 2.05) is 13.1 Å². The lowest BCUT2D eigenvalue weighted by Crippen LogP contribution is -2.23. The Morgan fingerprint density at radius 1 is 1.06 bits per heavy atom. The molecule has 1 atom stereocenters. The van der Waals surface area contributed by atoms with Crippen molar-refractivity contribution in [2.24, 2.45) is 5.92 Å². The molecule has 0 aliphatic carbocycles. The van der Waals surface area contributed by atoms with Crippen LogP contribution in [-0.2, 0) is 13.2 Å². The third-order valence-corrected chi connectivity index (χ3v) is 7.08. The number of alkyl halides is 3. The zero-order chi connectivity index (χ0) is 26.3. The number of hydrogen-bond acceptors (Lipinski definition) is 7. The van der Waals surface area contributed by atoms with Crippen LogP contribution in [0.1, 0.15) is 47.3 Å². The second-order valence-electron chi connectivity index (χ2n) is 8.66. The van der Waals surface area contributed by atoms with Crippen LogP contribution in [0.25, 0.3) is 0 Å². The number of benzene rings is 2. The summed E-state index contributed by atoms with van der Waals surface area (Å²) in [6, 6.07) is 9.80. The van der Waals surface area contributed by atoms with Crippen LogP contribution in [0.2, 0.25) is 0 Å². The fourth-order valence-corrected chi connectivity index (χ4v) is 5.07. The van der Waals surface area contributed by atoms with Gasteiger partial charge in [0.1, 0.15) is 28.9 Å². The van der Waals surface area contributed by atoms with Gasteiger partial charge in [0.05, 0.1) is 25.8 Å². The molecule has 2 aromatic carbocycles.